The number of piperazine rings is 1. The van der Waals surface area contributed by atoms with Gasteiger partial charge in [0.05, 0.1) is 11.7 Å². The highest BCUT2D eigenvalue weighted by atomic mass is 19.2. The van der Waals surface area contributed by atoms with Crippen LogP contribution in [0.5, 0.6) is 5.75 Å². The van der Waals surface area contributed by atoms with Gasteiger partial charge >= 0.3 is 0 Å². The van der Waals surface area contributed by atoms with E-state index in [9.17, 15) is 18.0 Å². The first-order chi connectivity index (χ1) is 12.9. The van der Waals surface area contributed by atoms with Gasteiger partial charge in [-0.2, -0.15) is 0 Å². The Morgan fingerprint density at radius 1 is 0.926 bits per heavy atom. The van der Waals surface area contributed by atoms with Gasteiger partial charge in [0.15, 0.2) is 17.5 Å². The molecule has 1 saturated heterocycles. The Hall–Kier alpha value is -2.70. The smallest absolute Gasteiger partial charge is 0.257 e. The minimum absolute atomic E-state index is 0.0992. The fourth-order valence-electron chi connectivity index (χ4n) is 3.04. The van der Waals surface area contributed by atoms with Gasteiger partial charge in [-0.3, -0.25) is 4.79 Å². The van der Waals surface area contributed by atoms with Crippen LogP contribution in [0.3, 0.4) is 0 Å². The standard InChI is InChI=1S/C20H21F3N2O2/c1-13(2)27-15-5-3-14(4-6-15)24-9-11-25(12-10-24)20(26)16-7-8-17(21)19(23)18(16)22/h3-8,13H,9-12H2,1-2H3. The Morgan fingerprint density at radius 2 is 1.56 bits per heavy atom. The fraction of sp³-hybridized carbons (Fsp3) is 0.350. The van der Waals surface area contributed by atoms with E-state index in [2.05, 4.69) is 4.90 Å². The molecule has 1 fully saturated rings. The molecule has 1 aliphatic heterocycles. The normalized spacial score (nSPS) is 14.6. The van der Waals surface area contributed by atoms with Gasteiger partial charge in [0.1, 0.15) is 5.75 Å². The predicted molar refractivity (Wildman–Crippen MR) is 96.6 cm³/mol. The molecule has 144 valence electrons. The number of nitrogens with zero attached hydrogens (tertiary/aromatic N) is 2. The molecule has 1 amide bonds. The lowest BCUT2D eigenvalue weighted by Crippen LogP contribution is -2.49. The number of carbonyl (C=O) groups is 1. The van der Waals surface area contributed by atoms with Crippen LogP contribution in [0.1, 0.15) is 24.2 Å². The van der Waals surface area contributed by atoms with Crippen LogP contribution < -0.4 is 9.64 Å². The summed E-state index contributed by atoms with van der Waals surface area (Å²) >= 11 is 0. The minimum atomic E-state index is -1.62. The van der Waals surface area contributed by atoms with E-state index in [-0.39, 0.29) is 6.10 Å². The second-order valence-electron chi connectivity index (χ2n) is 6.66. The maximum Gasteiger partial charge on any atom is 0.257 e. The summed E-state index contributed by atoms with van der Waals surface area (Å²) in [6.45, 7) is 5.76. The van der Waals surface area contributed by atoms with E-state index in [1.807, 2.05) is 38.1 Å². The van der Waals surface area contributed by atoms with Crippen LogP contribution >= 0.6 is 0 Å². The first-order valence-corrected chi connectivity index (χ1v) is 8.81. The number of carbonyl (C=O) groups excluding carboxylic acids is 1. The van der Waals surface area contributed by atoms with E-state index in [4.69, 9.17) is 4.74 Å². The van der Waals surface area contributed by atoms with Crippen molar-refractivity contribution in [1.82, 2.24) is 4.90 Å². The van der Waals surface area contributed by atoms with Crippen molar-refractivity contribution in [1.29, 1.82) is 0 Å². The summed E-state index contributed by atoms with van der Waals surface area (Å²) in [5, 5.41) is 0. The lowest BCUT2D eigenvalue weighted by molar-refractivity contribution is 0.0740. The van der Waals surface area contributed by atoms with Gasteiger partial charge < -0.3 is 14.5 Å². The number of amides is 1. The molecule has 2 aromatic rings. The summed E-state index contributed by atoms with van der Waals surface area (Å²) in [5.41, 5.74) is 0.551. The second kappa shape index (κ2) is 7.90. The van der Waals surface area contributed by atoms with Crippen LogP contribution in [0, 0.1) is 17.5 Å². The summed E-state index contributed by atoms with van der Waals surface area (Å²) in [7, 11) is 0. The molecule has 0 bridgehead atoms. The molecule has 0 aromatic heterocycles. The Bertz CT molecular complexity index is 817. The number of benzene rings is 2. The van der Waals surface area contributed by atoms with Crippen molar-refractivity contribution < 1.29 is 22.7 Å². The Kier molecular flexibility index (Phi) is 5.58. The monoisotopic (exact) mass is 378 g/mol. The molecule has 0 radical (unpaired) electrons. The summed E-state index contributed by atoms with van der Waals surface area (Å²) in [4.78, 5) is 16.0. The van der Waals surface area contributed by atoms with Crippen molar-refractivity contribution >= 4 is 11.6 Å². The van der Waals surface area contributed by atoms with Crippen molar-refractivity contribution in [2.24, 2.45) is 0 Å². The average molecular weight is 378 g/mol. The third-order valence-electron chi connectivity index (χ3n) is 4.41. The number of halogens is 3. The summed E-state index contributed by atoms with van der Waals surface area (Å²) in [6.07, 6.45) is 0.0992. The van der Waals surface area contributed by atoms with Crippen molar-refractivity contribution in [2.45, 2.75) is 20.0 Å². The molecular weight excluding hydrogens is 357 g/mol. The van der Waals surface area contributed by atoms with Gasteiger partial charge in [0, 0.05) is 31.9 Å². The molecule has 0 aliphatic carbocycles. The molecule has 0 atom stereocenters. The van der Waals surface area contributed by atoms with E-state index in [1.165, 1.54) is 4.90 Å². The average Bonchev–Trinajstić information content (AvgIpc) is 2.66. The van der Waals surface area contributed by atoms with Crippen molar-refractivity contribution in [2.75, 3.05) is 31.1 Å². The molecule has 7 heteroatoms. The number of anilines is 1. The van der Waals surface area contributed by atoms with E-state index in [0.717, 1.165) is 23.6 Å². The van der Waals surface area contributed by atoms with Crippen LogP contribution in [0.2, 0.25) is 0 Å². The molecular formula is C20H21F3N2O2. The Labute approximate surface area is 156 Å². The van der Waals surface area contributed by atoms with Gasteiger partial charge in [0.25, 0.3) is 5.91 Å². The minimum Gasteiger partial charge on any atom is -0.491 e. The van der Waals surface area contributed by atoms with Crippen LogP contribution in [0.15, 0.2) is 36.4 Å². The van der Waals surface area contributed by atoms with Crippen LogP contribution in [-0.4, -0.2) is 43.1 Å². The zero-order valence-electron chi connectivity index (χ0n) is 15.2. The molecule has 0 spiro atoms. The zero-order chi connectivity index (χ0) is 19.6. The maximum absolute atomic E-state index is 13.9. The molecule has 1 aliphatic rings. The van der Waals surface area contributed by atoms with Crippen molar-refractivity contribution in [3.63, 3.8) is 0 Å². The molecule has 4 nitrogen and oxygen atoms in total. The first kappa shape index (κ1) is 19.1. The van der Waals surface area contributed by atoms with Gasteiger partial charge in [0.2, 0.25) is 0 Å². The lowest BCUT2D eigenvalue weighted by Gasteiger charge is -2.36. The van der Waals surface area contributed by atoms with E-state index < -0.39 is 28.9 Å². The molecule has 0 unspecified atom stereocenters. The molecule has 1 heterocycles. The summed E-state index contributed by atoms with van der Waals surface area (Å²) in [5.74, 6) is -4.21. The third-order valence-corrected chi connectivity index (χ3v) is 4.41. The van der Waals surface area contributed by atoms with Gasteiger partial charge in [-0.15, -0.1) is 0 Å². The molecule has 0 saturated carbocycles. The van der Waals surface area contributed by atoms with E-state index in [1.54, 1.807) is 0 Å². The third kappa shape index (κ3) is 4.18. The van der Waals surface area contributed by atoms with Crippen molar-refractivity contribution in [3.05, 3.63) is 59.4 Å². The Balaban J connectivity index is 1.63. The summed E-state index contributed by atoms with van der Waals surface area (Å²) < 4.78 is 45.9. The first-order valence-electron chi connectivity index (χ1n) is 8.81. The largest absolute Gasteiger partial charge is 0.491 e. The highest BCUT2D eigenvalue weighted by Crippen LogP contribution is 2.23. The zero-order valence-corrected chi connectivity index (χ0v) is 15.2. The van der Waals surface area contributed by atoms with E-state index >= 15 is 0 Å². The van der Waals surface area contributed by atoms with Crippen LogP contribution in [-0.2, 0) is 0 Å². The predicted octanol–water partition coefficient (Wildman–Crippen LogP) is 3.85. The number of rotatable bonds is 4. The molecule has 2 aromatic carbocycles. The molecule has 3 rings (SSSR count). The molecule has 0 N–H and O–H groups in total. The number of hydrogen-bond acceptors (Lipinski definition) is 3. The van der Waals surface area contributed by atoms with Gasteiger partial charge in [-0.25, -0.2) is 13.2 Å². The van der Waals surface area contributed by atoms with Crippen molar-refractivity contribution in [3.8, 4) is 5.75 Å². The lowest BCUT2D eigenvalue weighted by atomic mass is 10.1. The van der Waals surface area contributed by atoms with Gasteiger partial charge in [-0.1, -0.05) is 0 Å². The molecule has 27 heavy (non-hydrogen) atoms. The SMILES string of the molecule is CC(C)Oc1ccc(N2CCN(C(=O)c3ccc(F)c(F)c3F)CC2)cc1. The Morgan fingerprint density at radius 3 is 2.15 bits per heavy atom. The van der Waals surface area contributed by atoms with Gasteiger partial charge in [-0.05, 0) is 50.2 Å². The highest BCUT2D eigenvalue weighted by Gasteiger charge is 2.26. The number of ether oxygens (including phenoxy) is 1. The van der Waals surface area contributed by atoms with Crippen LogP contribution in [0.4, 0.5) is 18.9 Å². The van der Waals surface area contributed by atoms with E-state index in [0.29, 0.717) is 26.2 Å². The number of hydrogen-bond donors (Lipinski definition) is 0. The van der Waals surface area contributed by atoms with Crippen LogP contribution in [0.25, 0.3) is 0 Å². The maximum atomic E-state index is 13.9. The highest BCUT2D eigenvalue weighted by molar-refractivity contribution is 5.94. The summed E-state index contributed by atoms with van der Waals surface area (Å²) in [6, 6.07) is 9.43. The fourth-order valence-corrected chi connectivity index (χ4v) is 3.04. The second-order valence-corrected chi connectivity index (χ2v) is 6.66. The topological polar surface area (TPSA) is 32.8 Å². The quantitative estimate of drug-likeness (QED) is 0.758.